The van der Waals surface area contributed by atoms with Crippen molar-refractivity contribution in [3.63, 3.8) is 0 Å². The summed E-state index contributed by atoms with van der Waals surface area (Å²) < 4.78 is 4.86. The molecule has 0 rings (SSSR count). The van der Waals surface area contributed by atoms with Crippen LogP contribution in [0.5, 0.6) is 0 Å². The van der Waals surface area contributed by atoms with Crippen LogP contribution in [0.4, 0.5) is 0 Å². The minimum Gasteiger partial charge on any atom is -0.466 e. The summed E-state index contributed by atoms with van der Waals surface area (Å²) in [7, 11) is 0. The van der Waals surface area contributed by atoms with Crippen LogP contribution in [0.1, 0.15) is 33.6 Å². The highest BCUT2D eigenvalue weighted by molar-refractivity contribution is 5.69. The molecule has 12 heavy (non-hydrogen) atoms. The molecule has 0 bridgehead atoms. The third-order valence-electron chi connectivity index (χ3n) is 1.78. The fourth-order valence-electron chi connectivity index (χ4n) is 0.708. The highest BCUT2D eigenvalue weighted by Gasteiger charge is 2.14. The van der Waals surface area contributed by atoms with Crippen LogP contribution >= 0.6 is 0 Å². The number of hydrogen-bond acceptors (Lipinski definition) is 3. The van der Waals surface area contributed by atoms with E-state index in [1.165, 1.54) is 0 Å². The van der Waals surface area contributed by atoms with Crippen LogP contribution < -0.4 is 0 Å². The topological polar surface area (TPSA) is 46.5 Å². The molecule has 0 heterocycles. The monoisotopic (exact) mass is 174 g/mol. The van der Waals surface area contributed by atoms with Crippen molar-refractivity contribution >= 4 is 5.97 Å². The summed E-state index contributed by atoms with van der Waals surface area (Å²) in [4.78, 5) is 11.0. The van der Waals surface area contributed by atoms with E-state index in [0.29, 0.717) is 13.0 Å². The van der Waals surface area contributed by atoms with Crippen LogP contribution in [0.3, 0.4) is 0 Å². The molecule has 0 saturated heterocycles. The first kappa shape index (κ1) is 11.4. The van der Waals surface area contributed by atoms with E-state index in [0.717, 1.165) is 6.42 Å². The summed E-state index contributed by atoms with van der Waals surface area (Å²) in [6.45, 7) is 5.94. The lowest BCUT2D eigenvalue weighted by Gasteiger charge is -2.12. The molecule has 0 aromatic carbocycles. The fourth-order valence-corrected chi connectivity index (χ4v) is 0.708. The van der Waals surface area contributed by atoms with Gasteiger partial charge in [-0.1, -0.05) is 13.8 Å². The van der Waals surface area contributed by atoms with Gasteiger partial charge >= 0.3 is 5.97 Å². The molecule has 0 aliphatic carbocycles. The minimum absolute atomic E-state index is 0.0191. The molecule has 1 N–H and O–H groups in total. The third-order valence-corrected chi connectivity index (χ3v) is 1.78. The number of aliphatic hydroxyl groups excluding tert-OH is 1. The van der Waals surface area contributed by atoms with Crippen LogP contribution in [0.2, 0.25) is 0 Å². The Morgan fingerprint density at radius 2 is 2.08 bits per heavy atom. The van der Waals surface area contributed by atoms with Gasteiger partial charge in [0.05, 0.1) is 19.1 Å². The molecule has 0 spiro atoms. The molecule has 0 saturated carbocycles. The van der Waals surface area contributed by atoms with E-state index in [1.54, 1.807) is 6.92 Å². The van der Waals surface area contributed by atoms with Crippen molar-refractivity contribution in [1.29, 1.82) is 0 Å². The van der Waals surface area contributed by atoms with Crippen molar-refractivity contribution in [3.05, 3.63) is 0 Å². The van der Waals surface area contributed by atoms with E-state index < -0.39 is 6.10 Å². The second-order valence-electron chi connectivity index (χ2n) is 3.14. The van der Waals surface area contributed by atoms with Gasteiger partial charge in [0.15, 0.2) is 0 Å². The van der Waals surface area contributed by atoms with Gasteiger partial charge in [-0.15, -0.1) is 0 Å². The molecule has 2 atom stereocenters. The summed E-state index contributed by atoms with van der Waals surface area (Å²) in [6.07, 6.45) is 0.700. The summed E-state index contributed by atoms with van der Waals surface area (Å²) in [5.41, 5.74) is 0. The van der Waals surface area contributed by atoms with Gasteiger partial charge in [0, 0.05) is 0 Å². The predicted octanol–water partition coefficient (Wildman–Crippen LogP) is 1.35. The van der Waals surface area contributed by atoms with E-state index >= 15 is 0 Å². The molecule has 0 aromatic rings. The quantitative estimate of drug-likeness (QED) is 0.640. The number of carbonyl (C=O) groups is 1. The highest BCUT2D eigenvalue weighted by atomic mass is 16.5. The zero-order valence-corrected chi connectivity index (χ0v) is 8.04. The highest BCUT2D eigenvalue weighted by Crippen LogP contribution is 2.08. The number of ether oxygens (including phenoxy) is 1. The second-order valence-corrected chi connectivity index (χ2v) is 3.14. The Morgan fingerprint density at radius 3 is 2.50 bits per heavy atom. The van der Waals surface area contributed by atoms with E-state index in [1.807, 2.05) is 13.8 Å². The number of esters is 1. The zero-order valence-electron chi connectivity index (χ0n) is 8.04. The Hall–Kier alpha value is -0.570. The lowest BCUT2D eigenvalue weighted by atomic mass is 10.0. The maximum atomic E-state index is 11.0. The Labute approximate surface area is 73.7 Å². The summed E-state index contributed by atoms with van der Waals surface area (Å²) >= 11 is 0. The molecule has 2 unspecified atom stereocenters. The van der Waals surface area contributed by atoms with Crippen molar-refractivity contribution in [1.82, 2.24) is 0 Å². The molecule has 0 aliphatic heterocycles. The van der Waals surface area contributed by atoms with Crippen molar-refractivity contribution < 1.29 is 14.6 Å². The van der Waals surface area contributed by atoms with E-state index in [9.17, 15) is 4.79 Å². The van der Waals surface area contributed by atoms with Crippen LogP contribution in [0.25, 0.3) is 0 Å². The van der Waals surface area contributed by atoms with E-state index in [2.05, 4.69) is 0 Å². The Bertz CT molecular complexity index is 132. The predicted molar refractivity (Wildman–Crippen MR) is 46.7 cm³/mol. The van der Waals surface area contributed by atoms with Gasteiger partial charge in [-0.25, -0.2) is 0 Å². The van der Waals surface area contributed by atoms with Crippen molar-refractivity contribution in [3.8, 4) is 0 Å². The fraction of sp³-hybridized carbons (Fsp3) is 0.889. The summed E-state index contributed by atoms with van der Waals surface area (Å²) in [6, 6.07) is 0. The standard InChI is InChI=1S/C9H18O3/c1-4-5-12-9(11)6-7(2)8(3)10/h7-8,10H,4-6H2,1-3H3. The number of aliphatic hydroxyl groups is 1. The lowest BCUT2D eigenvalue weighted by molar-refractivity contribution is -0.145. The molecule has 0 aliphatic rings. The van der Waals surface area contributed by atoms with Crippen molar-refractivity contribution in [2.24, 2.45) is 5.92 Å². The zero-order chi connectivity index (χ0) is 9.56. The average molecular weight is 174 g/mol. The Balaban J connectivity index is 3.54. The molecular weight excluding hydrogens is 156 g/mol. The molecule has 3 nitrogen and oxygen atoms in total. The number of hydrogen-bond donors (Lipinski definition) is 1. The maximum absolute atomic E-state index is 11.0. The van der Waals surface area contributed by atoms with Gasteiger partial charge in [-0.2, -0.15) is 0 Å². The molecule has 0 fully saturated rings. The maximum Gasteiger partial charge on any atom is 0.306 e. The van der Waals surface area contributed by atoms with Gasteiger partial charge in [0.2, 0.25) is 0 Å². The van der Waals surface area contributed by atoms with Crippen LogP contribution in [-0.4, -0.2) is 23.8 Å². The molecule has 3 heteroatoms. The summed E-state index contributed by atoms with van der Waals surface area (Å²) in [5.74, 6) is -0.236. The van der Waals surface area contributed by atoms with Gasteiger partial charge in [0.25, 0.3) is 0 Å². The Morgan fingerprint density at radius 1 is 1.50 bits per heavy atom. The number of rotatable bonds is 5. The molecular formula is C9H18O3. The molecule has 0 amide bonds. The van der Waals surface area contributed by atoms with Crippen molar-refractivity contribution in [2.45, 2.75) is 39.7 Å². The van der Waals surface area contributed by atoms with Crippen LogP contribution in [0.15, 0.2) is 0 Å². The number of carbonyl (C=O) groups excluding carboxylic acids is 1. The van der Waals surface area contributed by atoms with E-state index in [-0.39, 0.29) is 11.9 Å². The SMILES string of the molecule is CCCOC(=O)CC(C)C(C)O. The molecule has 72 valence electrons. The van der Waals surface area contributed by atoms with Gasteiger partial charge in [0.1, 0.15) is 0 Å². The largest absolute Gasteiger partial charge is 0.466 e. The minimum atomic E-state index is -0.445. The first-order valence-corrected chi connectivity index (χ1v) is 4.41. The second kappa shape index (κ2) is 6.00. The van der Waals surface area contributed by atoms with Crippen LogP contribution in [0, 0.1) is 5.92 Å². The summed E-state index contributed by atoms with van der Waals surface area (Å²) in [5, 5.41) is 9.09. The smallest absolute Gasteiger partial charge is 0.306 e. The van der Waals surface area contributed by atoms with Crippen molar-refractivity contribution in [2.75, 3.05) is 6.61 Å². The third kappa shape index (κ3) is 5.13. The normalized spacial score (nSPS) is 15.3. The van der Waals surface area contributed by atoms with Gasteiger partial charge in [-0.05, 0) is 19.3 Å². The van der Waals surface area contributed by atoms with Crippen LogP contribution in [-0.2, 0) is 9.53 Å². The Kier molecular flexibility index (Phi) is 5.72. The van der Waals surface area contributed by atoms with E-state index in [4.69, 9.17) is 9.84 Å². The average Bonchev–Trinajstić information content (AvgIpc) is 2.00. The first-order chi connectivity index (χ1) is 5.57. The molecule has 0 aromatic heterocycles. The van der Waals surface area contributed by atoms with Gasteiger partial charge in [-0.3, -0.25) is 4.79 Å². The lowest BCUT2D eigenvalue weighted by Crippen LogP contribution is -2.18. The first-order valence-electron chi connectivity index (χ1n) is 4.41. The van der Waals surface area contributed by atoms with Gasteiger partial charge < -0.3 is 9.84 Å². The molecule has 0 radical (unpaired) electrons.